The highest BCUT2D eigenvalue weighted by atomic mass is 35.5. The molecule has 0 bridgehead atoms. The zero-order chi connectivity index (χ0) is 7.40. The van der Waals surface area contributed by atoms with Crippen molar-refractivity contribution in [3.05, 3.63) is 35.5 Å². The smallest absolute Gasteiger partial charge is 0.0406 e. The lowest BCUT2D eigenvalue weighted by Gasteiger charge is -1.94. The van der Waals surface area contributed by atoms with Gasteiger partial charge in [-0.25, -0.2) is 0 Å². The minimum atomic E-state index is 0.776. The fourth-order valence-corrected chi connectivity index (χ4v) is 1.81. The topological polar surface area (TPSA) is 0 Å². The molecular weight excluding hydrogens is 184 g/mol. The van der Waals surface area contributed by atoms with Crippen LogP contribution in [0.15, 0.2) is 29.2 Å². The monoisotopic (exact) mass is 189 g/mol. The minimum absolute atomic E-state index is 0.776. The van der Waals surface area contributed by atoms with E-state index in [1.165, 1.54) is 15.7 Å². The molecule has 53 valence electrons. The van der Waals surface area contributed by atoms with E-state index in [2.05, 4.69) is 6.26 Å². The summed E-state index contributed by atoms with van der Waals surface area (Å²) in [5.41, 5.74) is 0. The molecule has 10 heavy (non-hydrogen) atoms. The molecule has 0 N–H and O–H groups in total. The summed E-state index contributed by atoms with van der Waals surface area (Å²) in [5, 5.41) is 0.776. The SMILES string of the molecule is [CH2]SSc1ccc(Cl)cc1. The average molecular weight is 190 g/mol. The second-order valence-electron chi connectivity index (χ2n) is 1.66. The fourth-order valence-electron chi connectivity index (χ4n) is 0.558. The maximum absolute atomic E-state index is 5.68. The summed E-state index contributed by atoms with van der Waals surface area (Å²) in [6.45, 7) is 0. The Bertz CT molecular complexity index is 195. The lowest BCUT2D eigenvalue weighted by atomic mass is 10.4. The third kappa shape index (κ3) is 2.45. The minimum Gasteiger partial charge on any atom is -0.0881 e. The molecular formula is C7H6ClS2. The number of hydrogen-bond donors (Lipinski definition) is 0. The molecule has 3 heteroatoms. The van der Waals surface area contributed by atoms with Gasteiger partial charge < -0.3 is 0 Å². The van der Waals surface area contributed by atoms with E-state index in [9.17, 15) is 0 Å². The quantitative estimate of drug-likeness (QED) is 0.648. The summed E-state index contributed by atoms with van der Waals surface area (Å²) < 4.78 is 0. The van der Waals surface area contributed by atoms with Gasteiger partial charge in [0.1, 0.15) is 0 Å². The second kappa shape index (κ2) is 4.16. The van der Waals surface area contributed by atoms with Gasteiger partial charge in [0.25, 0.3) is 0 Å². The molecule has 1 aromatic rings. The van der Waals surface area contributed by atoms with E-state index >= 15 is 0 Å². The Kier molecular flexibility index (Phi) is 3.46. The first kappa shape index (κ1) is 8.31. The maximum Gasteiger partial charge on any atom is 0.0406 e. The molecule has 0 aliphatic rings. The van der Waals surface area contributed by atoms with Crippen molar-refractivity contribution in [3.63, 3.8) is 0 Å². The Hall–Kier alpha value is 0.210. The Morgan fingerprint density at radius 2 is 1.80 bits per heavy atom. The predicted octanol–water partition coefficient (Wildman–Crippen LogP) is 3.87. The number of benzene rings is 1. The first-order valence-electron chi connectivity index (χ1n) is 2.67. The summed E-state index contributed by atoms with van der Waals surface area (Å²) in [7, 11) is 3.12. The van der Waals surface area contributed by atoms with Gasteiger partial charge >= 0.3 is 0 Å². The highest BCUT2D eigenvalue weighted by Crippen LogP contribution is 2.29. The number of hydrogen-bond acceptors (Lipinski definition) is 2. The van der Waals surface area contributed by atoms with Crippen LogP contribution in [0.25, 0.3) is 0 Å². The van der Waals surface area contributed by atoms with E-state index in [4.69, 9.17) is 11.6 Å². The van der Waals surface area contributed by atoms with Crippen LogP contribution in [-0.4, -0.2) is 0 Å². The van der Waals surface area contributed by atoms with Crippen LogP contribution in [0.3, 0.4) is 0 Å². The first-order chi connectivity index (χ1) is 4.83. The van der Waals surface area contributed by atoms with Crippen LogP contribution in [-0.2, 0) is 0 Å². The van der Waals surface area contributed by atoms with E-state index in [0.717, 1.165) is 5.02 Å². The Balaban J connectivity index is 2.69. The number of rotatable bonds is 2. The van der Waals surface area contributed by atoms with Gasteiger partial charge in [0, 0.05) is 16.2 Å². The van der Waals surface area contributed by atoms with E-state index in [1.54, 1.807) is 10.8 Å². The Labute approximate surface area is 73.7 Å². The van der Waals surface area contributed by atoms with Crippen LogP contribution in [0.4, 0.5) is 0 Å². The second-order valence-corrected chi connectivity index (χ2v) is 4.17. The molecule has 0 saturated heterocycles. The molecule has 0 fully saturated rings. The number of halogens is 1. The molecule has 0 aliphatic heterocycles. The van der Waals surface area contributed by atoms with Gasteiger partial charge in [0.15, 0.2) is 0 Å². The van der Waals surface area contributed by atoms with Crippen molar-refractivity contribution in [1.29, 1.82) is 0 Å². The standard InChI is InChI=1S/C7H6ClS2/c1-9-10-7-4-2-6(8)3-5-7/h2-5H,1H2. The molecule has 0 amide bonds. The molecule has 0 heterocycles. The average Bonchev–Trinajstić information content (AvgIpc) is 1.95. The molecule has 1 aromatic carbocycles. The largest absolute Gasteiger partial charge is 0.0881 e. The van der Waals surface area contributed by atoms with Crippen LogP contribution in [0.1, 0.15) is 0 Å². The lowest BCUT2D eigenvalue weighted by molar-refractivity contribution is 1.48. The highest BCUT2D eigenvalue weighted by molar-refractivity contribution is 8.77. The third-order valence-electron chi connectivity index (χ3n) is 0.969. The van der Waals surface area contributed by atoms with Gasteiger partial charge in [-0.05, 0) is 24.3 Å². The van der Waals surface area contributed by atoms with Crippen molar-refractivity contribution in [2.24, 2.45) is 0 Å². The van der Waals surface area contributed by atoms with E-state index in [-0.39, 0.29) is 0 Å². The van der Waals surface area contributed by atoms with E-state index in [0.29, 0.717) is 0 Å². The molecule has 0 atom stereocenters. The first-order valence-corrected chi connectivity index (χ1v) is 5.37. The van der Waals surface area contributed by atoms with Crippen LogP contribution < -0.4 is 0 Å². The van der Waals surface area contributed by atoms with Gasteiger partial charge in [-0.1, -0.05) is 33.2 Å². The molecule has 0 nitrogen and oxygen atoms in total. The molecule has 1 radical (unpaired) electrons. The van der Waals surface area contributed by atoms with Crippen molar-refractivity contribution >= 4 is 33.2 Å². The zero-order valence-corrected chi connectivity index (χ0v) is 7.60. The van der Waals surface area contributed by atoms with Gasteiger partial charge in [-0.2, -0.15) is 0 Å². The fraction of sp³-hybridized carbons (Fsp3) is 0. The van der Waals surface area contributed by atoms with Gasteiger partial charge in [0.2, 0.25) is 0 Å². The Morgan fingerprint density at radius 3 is 2.30 bits per heavy atom. The maximum atomic E-state index is 5.68. The van der Waals surface area contributed by atoms with Crippen LogP contribution in [0.5, 0.6) is 0 Å². The summed E-state index contributed by atoms with van der Waals surface area (Å²) in [6, 6.07) is 7.70. The zero-order valence-electron chi connectivity index (χ0n) is 5.21. The van der Waals surface area contributed by atoms with Gasteiger partial charge in [-0.15, -0.1) is 0 Å². The van der Waals surface area contributed by atoms with Crippen LogP contribution >= 0.6 is 33.2 Å². The summed E-state index contributed by atoms with van der Waals surface area (Å²) in [4.78, 5) is 1.18. The molecule has 1 rings (SSSR count). The van der Waals surface area contributed by atoms with Crippen molar-refractivity contribution in [2.75, 3.05) is 0 Å². The predicted molar refractivity (Wildman–Crippen MR) is 50.3 cm³/mol. The summed E-state index contributed by atoms with van der Waals surface area (Å²) >= 11 is 5.68. The lowest BCUT2D eigenvalue weighted by Crippen LogP contribution is -1.65. The highest BCUT2D eigenvalue weighted by Gasteiger charge is 1.90. The van der Waals surface area contributed by atoms with Crippen molar-refractivity contribution in [2.45, 2.75) is 4.90 Å². The molecule has 0 saturated carbocycles. The van der Waals surface area contributed by atoms with Crippen molar-refractivity contribution < 1.29 is 0 Å². The molecule has 0 spiro atoms. The van der Waals surface area contributed by atoms with Crippen LogP contribution in [0, 0.1) is 6.26 Å². The van der Waals surface area contributed by atoms with Gasteiger partial charge in [0.05, 0.1) is 0 Å². The molecule has 0 aromatic heterocycles. The summed E-state index contributed by atoms with van der Waals surface area (Å²) in [6.07, 6.45) is 3.65. The Morgan fingerprint density at radius 1 is 1.20 bits per heavy atom. The molecule has 0 unspecified atom stereocenters. The van der Waals surface area contributed by atoms with E-state index in [1.807, 2.05) is 24.3 Å². The van der Waals surface area contributed by atoms with Crippen molar-refractivity contribution in [1.82, 2.24) is 0 Å². The molecule has 0 aliphatic carbocycles. The third-order valence-corrected chi connectivity index (χ3v) is 2.73. The van der Waals surface area contributed by atoms with Crippen molar-refractivity contribution in [3.8, 4) is 0 Å². The van der Waals surface area contributed by atoms with E-state index < -0.39 is 0 Å². The van der Waals surface area contributed by atoms with Gasteiger partial charge in [-0.3, -0.25) is 0 Å². The normalized spacial score (nSPS) is 9.80. The van der Waals surface area contributed by atoms with Crippen LogP contribution in [0.2, 0.25) is 5.02 Å². The summed E-state index contributed by atoms with van der Waals surface area (Å²) in [5.74, 6) is 0.